The number of halogens is 3. The van der Waals surface area contributed by atoms with Gasteiger partial charge in [0.2, 0.25) is 0 Å². The van der Waals surface area contributed by atoms with Gasteiger partial charge in [0, 0.05) is 24.4 Å². The molecule has 41 heavy (non-hydrogen) atoms. The molecule has 12 heteroatoms. The number of carbonyl (C=O) groups excluding carboxylic acids is 2. The second-order valence-electron chi connectivity index (χ2n) is 9.80. The van der Waals surface area contributed by atoms with E-state index in [1.807, 2.05) is 0 Å². The summed E-state index contributed by atoms with van der Waals surface area (Å²) in [4.78, 5) is 30.3. The van der Waals surface area contributed by atoms with E-state index in [0.29, 0.717) is 18.7 Å². The second-order valence-corrected chi connectivity index (χ2v) is 9.80. The normalized spacial score (nSPS) is 15.1. The standard InChI is InChI=1S/C29H21F3N6O3/c1-14-20(12-17(13-21(14)31)26(39)35-29(9-10-29)28-34-15(2)37-41-28)19-8-11-38-25(23(19)32)22(27(40)33-3)24(36-38)16-4-6-18(30)7-5-16/h4,6,8,11-13H,9-10H2,1-3H3,(H,33,40)(H,35,39). The number of benzene rings is 1. The molecule has 2 amide bonds. The molecule has 4 aromatic rings. The summed E-state index contributed by atoms with van der Waals surface area (Å²) in [5.41, 5.74) is 4.11. The third kappa shape index (κ3) is 4.35. The summed E-state index contributed by atoms with van der Waals surface area (Å²) >= 11 is 0. The Morgan fingerprint density at radius 2 is 1.85 bits per heavy atom. The summed E-state index contributed by atoms with van der Waals surface area (Å²) in [5, 5.41) is 13.4. The van der Waals surface area contributed by atoms with E-state index in [1.165, 1.54) is 42.9 Å². The maximum atomic E-state index is 16.3. The van der Waals surface area contributed by atoms with E-state index in [2.05, 4.69) is 37.3 Å². The lowest BCUT2D eigenvalue weighted by Gasteiger charge is -2.15. The molecule has 0 atom stereocenters. The molecule has 3 heterocycles. The molecule has 206 valence electrons. The average molecular weight is 559 g/mol. The number of hydrogen-bond acceptors (Lipinski definition) is 6. The van der Waals surface area contributed by atoms with E-state index in [1.54, 1.807) is 6.92 Å². The number of nitrogens with zero attached hydrogens (tertiary/aromatic N) is 4. The summed E-state index contributed by atoms with van der Waals surface area (Å²) in [5.74, 6) is -2.80. The lowest BCUT2D eigenvalue weighted by molar-refractivity contribution is 0.0919. The molecule has 3 aromatic heterocycles. The summed E-state index contributed by atoms with van der Waals surface area (Å²) in [6, 6.07) is 3.84. The van der Waals surface area contributed by atoms with Gasteiger partial charge in [-0.25, -0.2) is 13.3 Å². The predicted octanol–water partition coefficient (Wildman–Crippen LogP) is 4.62. The van der Waals surface area contributed by atoms with Crippen molar-refractivity contribution in [3.8, 4) is 11.1 Å². The number of aromatic nitrogens is 4. The fourth-order valence-corrected chi connectivity index (χ4v) is 4.73. The number of rotatable bonds is 6. The van der Waals surface area contributed by atoms with E-state index in [4.69, 9.17) is 4.52 Å². The summed E-state index contributed by atoms with van der Waals surface area (Å²) in [7, 11) is 1.38. The highest BCUT2D eigenvalue weighted by Gasteiger charge is 2.51. The zero-order valence-electron chi connectivity index (χ0n) is 22.0. The molecule has 2 N–H and O–H groups in total. The molecule has 2 aliphatic rings. The first-order chi connectivity index (χ1) is 19.6. The Labute approximate surface area is 230 Å². The summed E-state index contributed by atoms with van der Waals surface area (Å²) in [6.07, 6.45) is 5.03. The van der Waals surface area contributed by atoms with Gasteiger partial charge in [0.05, 0.1) is 11.1 Å². The van der Waals surface area contributed by atoms with Crippen molar-refractivity contribution in [3.05, 3.63) is 99.6 Å². The van der Waals surface area contributed by atoms with Crippen LogP contribution in [0.2, 0.25) is 0 Å². The molecular weight excluding hydrogens is 537 g/mol. The lowest BCUT2D eigenvalue weighted by atomic mass is 9.96. The van der Waals surface area contributed by atoms with E-state index >= 15 is 8.78 Å². The minimum absolute atomic E-state index is 0.0398. The van der Waals surface area contributed by atoms with Crippen molar-refractivity contribution in [2.45, 2.75) is 32.2 Å². The largest absolute Gasteiger partial charge is 0.355 e. The molecule has 0 saturated heterocycles. The molecule has 0 radical (unpaired) electrons. The van der Waals surface area contributed by atoms with Crippen LogP contribution in [0.4, 0.5) is 13.2 Å². The lowest BCUT2D eigenvalue weighted by Crippen LogP contribution is -2.35. The van der Waals surface area contributed by atoms with E-state index in [0.717, 1.165) is 12.1 Å². The minimum Gasteiger partial charge on any atom is -0.355 e. The molecule has 9 nitrogen and oxygen atoms in total. The smallest absolute Gasteiger partial charge is 0.255 e. The van der Waals surface area contributed by atoms with Crippen LogP contribution in [0, 0.1) is 25.5 Å². The number of aryl methyl sites for hydroxylation is 1. The van der Waals surface area contributed by atoms with Gasteiger partial charge in [0.25, 0.3) is 17.7 Å². The van der Waals surface area contributed by atoms with Gasteiger partial charge in [-0.05, 0) is 73.9 Å². The fourth-order valence-electron chi connectivity index (χ4n) is 4.73. The van der Waals surface area contributed by atoms with E-state index < -0.39 is 34.8 Å². The molecule has 1 aromatic carbocycles. The van der Waals surface area contributed by atoms with Gasteiger partial charge in [-0.3, -0.25) is 9.59 Å². The highest BCUT2D eigenvalue weighted by atomic mass is 19.1. The van der Waals surface area contributed by atoms with Gasteiger partial charge >= 0.3 is 0 Å². The van der Waals surface area contributed by atoms with Crippen LogP contribution >= 0.6 is 0 Å². The number of hydrogen-bond donors (Lipinski definition) is 2. The van der Waals surface area contributed by atoms with Crippen LogP contribution in [0.15, 0.2) is 58.4 Å². The first-order valence-corrected chi connectivity index (χ1v) is 12.6. The van der Waals surface area contributed by atoms with Crippen LogP contribution in [0.3, 0.4) is 0 Å². The molecule has 6 rings (SSSR count). The molecular formula is C29H21F3N6O3. The van der Waals surface area contributed by atoms with Gasteiger partial charge < -0.3 is 15.2 Å². The van der Waals surface area contributed by atoms with Crippen LogP contribution in [0.5, 0.6) is 0 Å². The van der Waals surface area contributed by atoms with E-state index in [9.17, 15) is 14.0 Å². The summed E-state index contributed by atoms with van der Waals surface area (Å²) < 4.78 is 51.3. The molecule has 2 aliphatic carbocycles. The Balaban J connectivity index is 1.46. The Morgan fingerprint density at radius 1 is 1.07 bits per heavy atom. The maximum absolute atomic E-state index is 16.3. The topological polar surface area (TPSA) is 114 Å². The minimum atomic E-state index is -0.865. The second kappa shape index (κ2) is 9.48. The zero-order chi connectivity index (χ0) is 29.1. The van der Waals surface area contributed by atoms with Crippen LogP contribution in [-0.4, -0.2) is 38.6 Å². The molecule has 0 aliphatic heterocycles. The molecule has 1 saturated carbocycles. The van der Waals surface area contributed by atoms with Crippen molar-refractivity contribution in [2.75, 3.05) is 7.05 Å². The zero-order valence-corrected chi connectivity index (χ0v) is 22.0. The number of carbonyl (C=O) groups is 2. The SMILES string of the molecule is CNC(=O)c1c(C2=C=C=C(F)C=C2)nn2ccc(-c3cc(C(=O)NC4(c5nc(C)no5)CC4)cc(F)c3C)c(F)c12. The van der Waals surface area contributed by atoms with Gasteiger partial charge in [0.1, 0.15) is 22.6 Å². The Hall–Kier alpha value is -5.18. The van der Waals surface area contributed by atoms with Crippen molar-refractivity contribution in [2.24, 2.45) is 0 Å². The Kier molecular flexibility index (Phi) is 6.03. The fraction of sp³-hybridized carbons (Fsp3) is 0.207. The van der Waals surface area contributed by atoms with E-state index in [-0.39, 0.29) is 50.5 Å². The van der Waals surface area contributed by atoms with Crippen molar-refractivity contribution in [3.63, 3.8) is 0 Å². The first-order valence-electron chi connectivity index (χ1n) is 12.6. The number of nitrogens with one attached hydrogen (secondary N) is 2. The number of allylic oxidation sites excluding steroid dienone is 4. The first kappa shape index (κ1) is 26.1. The molecule has 0 unspecified atom stereocenters. The highest BCUT2D eigenvalue weighted by Crippen LogP contribution is 2.45. The monoisotopic (exact) mass is 558 g/mol. The van der Waals surface area contributed by atoms with Gasteiger partial charge in [-0.2, -0.15) is 14.5 Å². The third-order valence-electron chi connectivity index (χ3n) is 7.10. The molecule has 0 bridgehead atoms. The third-order valence-corrected chi connectivity index (χ3v) is 7.10. The quantitative estimate of drug-likeness (QED) is 0.334. The highest BCUT2D eigenvalue weighted by molar-refractivity contribution is 6.06. The predicted molar refractivity (Wildman–Crippen MR) is 140 cm³/mol. The number of amides is 2. The maximum Gasteiger partial charge on any atom is 0.255 e. The van der Waals surface area contributed by atoms with Gasteiger partial charge in [0.15, 0.2) is 17.5 Å². The molecule has 0 spiro atoms. The summed E-state index contributed by atoms with van der Waals surface area (Å²) in [6.45, 7) is 3.12. The van der Waals surface area contributed by atoms with Crippen LogP contribution in [-0.2, 0) is 5.54 Å². The van der Waals surface area contributed by atoms with Gasteiger partial charge in [-0.1, -0.05) is 10.9 Å². The number of pyridine rings is 1. The Morgan fingerprint density at radius 3 is 2.49 bits per heavy atom. The van der Waals surface area contributed by atoms with Crippen molar-refractivity contribution in [1.82, 2.24) is 30.4 Å². The van der Waals surface area contributed by atoms with Crippen molar-refractivity contribution < 1.29 is 27.3 Å². The number of fused-ring (bicyclic) bond motifs is 1. The average Bonchev–Trinajstić information content (AvgIpc) is 3.41. The molecule has 1 fully saturated rings. The van der Waals surface area contributed by atoms with Crippen molar-refractivity contribution >= 4 is 22.9 Å². The van der Waals surface area contributed by atoms with Crippen LogP contribution in [0.1, 0.15) is 56.5 Å². The van der Waals surface area contributed by atoms with Gasteiger partial charge in [-0.15, -0.1) is 0 Å². The van der Waals surface area contributed by atoms with Crippen LogP contribution in [0.25, 0.3) is 22.2 Å². The Bertz CT molecular complexity index is 1940. The van der Waals surface area contributed by atoms with Crippen LogP contribution < -0.4 is 10.6 Å². The van der Waals surface area contributed by atoms with Crippen molar-refractivity contribution in [1.29, 1.82) is 0 Å².